The number of rotatable bonds is 0. The molecule has 0 unspecified atom stereocenters. The summed E-state index contributed by atoms with van der Waals surface area (Å²) in [6, 6.07) is 7.15. The maximum absolute atomic E-state index is 13.9. The fourth-order valence-corrected chi connectivity index (χ4v) is 2.08. The lowest BCUT2D eigenvalue weighted by Gasteiger charge is -2.16. The van der Waals surface area contributed by atoms with E-state index in [0.717, 1.165) is 5.52 Å². The first kappa shape index (κ1) is 8.47. The van der Waals surface area contributed by atoms with Crippen LogP contribution in [0.15, 0.2) is 24.3 Å². The Balaban J connectivity index is 2.45. The number of nitrogens with one attached hydrogen (secondary N) is 1. The maximum atomic E-state index is 13.9. The standard InChI is InChI=1S/C11H9FN2O/c12-9-7-3-1-2-4-8(7)14-6-5-13-11(15)10(9)14/h1-4H,5-6H2,(H,13,15). The first-order valence-corrected chi connectivity index (χ1v) is 4.84. The van der Waals surface area contributed by atoms with Gasteiger partial charge in [-0.1, -0.05) is 12.1 Å². The molecule has 0 radical (unpaired) electrons. The van der Waals surface area contributed by atoms with Gasteiger partial charge in [0.25, 0.3) is 5.91 Å². The quantitative estimate of drug-likeness (QED) is 0.693. The van der Waals surface area contributed by atoms with Crippen molar-refractivity contribution >= 4 is 16.8 Å². The Morgan fingerprint density at radius 1 is 1.33 bits per heavy atom. The summed E-state index contributed by atoms with van der Waals surface area (Å²) < 4.78 is 15.6. The van der Waals surface area contributed by atoms with Gasteiger partial charge in [-0.25, -0.2) is 4.39 Å². The Labute approximate surface area is 85.5 Å². The summed E-state index contributed by atoms with van der Waals surface area (Å²) in [7, 11) is 0. The lowest BCUT2D eigenvalue weighted by molar-refractivity contribution is 0.0924. The molecule has 1 N–H and O–H groups in total. The zero-order chi connectivity index (χ0) is 10.4. The van der Waals surface area contributed by atoms with E-state index in [0.29, 0.717) is 18.5 Å². The molecule has 15 heavy (non-hydrogen) atoms. The first-order valence-electron chi connectivity index (χ1n) is 4.84. The van der Waals surface area contributed by atoms with Crippen molar-refractivity contribution in [3.63, 3.8) is 0 Å². The number of hydrogen-bond donors (Lipinski definition) is 1. The van der Waals surface area contributed by atoms with Gasteiger partial charge in [0.05, 0.1) is 5.52 Å². The number of carbonyl (C=O) groups is 1. The van der Waals surface area contributed by atoms with Crippen molar-refractivity contribution in [1.82, 2.24) is 9.88 Å². The second-order valence-corrected chi connectivity index (χ2v) is 3.59. The maximum Gasteiger partial charge on any atom is 0.271 e. The highest BCUT2D eigenvalue weighted by molar-refractivity contribution is 6.00. The van der Waals surface area contributed by atoms with E-state index in [1.807, 2.05) is 12.1 Å². The number of para-hydroxylation sites is 1. The normalized spacial score (nSPS) is 15.1. The van der Waals surface area contributed by atoms with Crippen molar-refractivity contribution in [1.29, 1.82) is 0 Å². The molecule has 4 heteroatoms. The van der Waals surface area contributed by atoms with Gasteiger partial charge in [-0.3, -0.25) is 4.79 Å². The van der Waals surface area contributed by atoms with Crippen molar-refractivity contribution in [2.75, 3.05) is 6.54 Å². The molecule has 1 aliphatic heterocycles. The molecule has 2 aromatic rings. The monoisotopic (exact) mass is 204 g/mol. The molecule has 0 saturated carbocycles. The second-order valence-electron chi connectivity index (χ2n) is 3.59. The summed E-state index contributed by atoms with van der Waals surface area (Å²) in [5, 5.41) is 3.16. The second kappa shape index (κ2) is 2.82. The van der Waals surface area contributed by atoms with Crippen LogP contribution < -0.4 is 5.32 Å². The summed E-state index contributed by atoms with van der Waals surface area (Å²) in [4.78, 5) is 11.5. The van der Waals surface area contributed by atoms with Gasteiger partial charge < -0.3 is 9.88 Å². The molecular weight excluding hydrogens is 195 g/mol. The molecule has 1 aliphatic rings. The molecule has 1 amide bonds. The van der Waals surface area contributed by atoms with Gasteiger partial charge in [-0.2, -0.15) is 0 Å². The van der Waals surface area contributed by atoms with Crippen LogP contribution in [0.25, 0.3) is 10.9 Å². The number of nitrogens with zero attached hydrogens (tertiary/aromatic N) is 1. The molecule has 0 spiro atoms. The first-order chi connectivity index (χ1) is 7.29. The molecule has 0 atom stereocenters. The lowest BCUT2D eigenvalue weighted by Crippen LogP contribution is -2.35. The third-order valence-corrected chi connectivity index (χ3v) is 2.75. The Hall–Kier alpha value is -1.84. The smallest absolute Gasteiger partial charge is 0.271 e. The molecule has 3 rings (SSSR count). The topological polar surface area (TPSA) is 34.0 Å². The molecule has 76 valence electrons. The SMILES string of the molecule is O=C1NCCn2c1c(F)c1ccccc12. The summed E-state index contributed by atoms with van der Waals surface area (Å²) in [6.45, 7) is 1.19. The lowest BCUT2D eigenvalue weighted by atomic mass is 10.2. The number of carbonyl (C=O) groups excluding carboxylic acids is 1. The average molecular weight is 204 g/mol. The number of amides is 1. The predicted octanol–water partition coefficient (Wildman–Crippen LogP) is 1.52. The summed E-state index contributed by atoms with van der Waals surface area (Å²) in [5.41, 5.74) is 0.947. The highest BCUT2D eigenvalue weighted by Gasteiger charge is 2.25. The van der Waals surface area contributed by atoms with E-state index in [2.05, 4.69) is 5.32 Å². The van der Waals surface area contributed by atoms with Crippen LogP contribution in [-0.2, 0) is 6.54 Å². The van der Waals surface area contributed by atoms with Gasteiger partial charge in [0.2, 0.25) is 0 Å². The molecule has 1 aromatic heterocycles. The van der Waals surface area contributed by atoms with Crippen LogP contribution in [0.4, 0.5) is 4.39 Å². The van der Waals surface area contributed by atoms with Crippen LogP contribution in [-0.4, -0.2) is 17.0 Å². The molecule has 0 saturated heterocycles. The zero-order valence-corrected chi connectivity index (χ0v) is 7.96. The molecule has 0 aliphatic carbocycles. The highest BCUT2D eigenvalue weighted by Crippen LogP contribution is 2.25. The van der Waals surface area contributed by atoms with E-state index in [1.165, 1.54) is 0 Å². The molecule has 3 nitrogen and oxygen atoms in total. The average Bonchev–Trinajstić information content (AvgIpc) is 2.55. The molecular formula is C11H9FN2O. The highest BCUT2D eigenvalue weighted by atomic mass is 19.1. The number of aromatic nitrogens is 1. The third kappa shape index (κ3) is 1.02. The Morgan fingerprint density at radius 3 is 3.00 bits per heavy atom. The minimum absolute atomic E-state index is 0.155. The Kier molecular flexibility index (Phi) is 1.59. The Bertz CT molecular complexity index is 559. The number of fused-ring (bicyclic) bond motifs is 3. The van der Waals surface area contributed by atoms with Gasteiger partial charge in [0.15, 0.2) is 5.82 Å². The minimum atomic E-state index is -0.414. The predicted molar refractivity (Wildman–Crippen MR) is 54.2 cm³/mol. The fourth-order valence-electron chi connectivity index (χ4n) is 2.08. The van der Waals surface area contributed by atoms with E-state index in [9.17, 15) is 9.18 Å². The summed E-state index contributed by atoms with van der Waals surface area (Å²) in [5.74, 6) is -0.738. The van der Waals surface area contributed by atoms with E-state index < -0.39 is 5.82 Å². The molecule has 0 bridgehead atoms. The summed E-state index contributed by atoms with van der Waals surface area (Å²) in [6.07, 6.45) is 0. The number of benzene rings is 1. The zero-order valence-electron chi connectivity index (χ0n) is 7.96. The molecule has 2 heterocycles. The molecule has 1 aromatic carbocycles. The largest absolute Gasteiger partial charge is 0.349 e. The van der Waals surface area contributed by atoms with Crippen molar-refractivity contribution in [2.24, 2.45) is 0 Å². The van der Waals surface area contributed by atoms with Gasteiger partial charge >= 0.3 is 0 Å². The molecule has 0 fully saturated rings. The van der Waals surface area contributed by atoms with E-state index in [1.54, 1.807) is 16.7 Å². The van der Waals surface area contributed by atoms with Crippen LogP contribution in [0.3, 0.4) is 0 Å². The Morgan fingerprint density at radius 2 is 2.13 bits per heavy atom. The number of hydrogen-bond acceptors (Lipinski definition) is 1. The van der Waals surface area contributed by atoms with Crippen LogP contribution in [0.5, 0.6) is 0 Å². The van der Waals surface area contributed by atoms with Crippen LogP contribution in [0.1, 0.15) is 10.5 Å². The summed E-state index contributed by atoms with van der Waals surface area (Å²) >= 11 is 0. The van der Waals surface area contributed by atoms with Crippen molar-refractivity contribution in [3.8, 4) is 0 Å². The van der Waals surface area contributed by atoms with Crippen molar-refractivity contribution in [2.45, 2.75) is 6.54 Å². The van der Waals surface area contributed by atoms with E-state index in [4.69, 9.17) is 0 Å². The van der Waals surface area contributed by atoms with Crippen LogP contribution in [0, 0.1) is 5.82 Å². The minimum Gasteiger partial charge on any atom is -0.349 e. The van der Waals surface area contributed by atoms with Crippen LogP contribution >= 0.6 is 0 Å². The fraction of sp³-hybridized carbons (Fsp3) is 0.182. The van der Waals surface area contributed by atoms with Gasteiger partial charge in [-0.15, -0.1) is 0 Å². The van der Waals surface area contributed by atoms with E-state index >= 15 is 0 Å². The van der Waals surface area contributed by atoms with Gasteiger partial charge in [-0.05, 0) is 12.1 Å². The van der Waals surface area contributed by atoms with Gasteiger partial charge in [0.1, 0.15) is 5.69 Å². The van der Waals surface area contributed by atoms with E-state index in [-0.39, 0.29) is 11.6 Å². The number of halogens is 1. The van der Waals surface area contributed by atoms with Crippen LogP contribution in [0.2, 0.25) is 0 Å². The third-order valence-electron chi connectivity index (χ3n) is 2.75. The van der Waals surface area contributed by atoms with Crippen molar-refractivity contribution in [3.05, 3.63) is 35.8 Å². The van der Waals surface area contributed by atoms with Gasteiger partial charge in [0, 0.05) is 18.5 Å². The van der Waals surface area contributed by atoms with Crippen molar-refractivity contribution < 1.29 is 9.18 Å².